The number of hydrogen-bond donors (Lipinski definition) is 1. The smallest absolute Gasteiger partial charge is 0.127 e. The minimum atomic E-state index is -1.54. The highest BCUT2D eigenvalue weighted by Gasteiger charge is 2.12. The summed E-state index contributed by atoms with van der Waals surface area (Å²) in [5.74, 6) is -1.28. The van der Waals surface area contributed by atoms with Crippen molar-refractivity contribution in [3.8, 4) is 0 Å². The lowest BCUT2D eigenvalue weighted by Gasteiger charge is -2.06. The molecule has 0 amide bonds. The largest absolute Gasteiger partial charge is 0.396 e. The molecule has 0 spiro atoms. The van der Waals surface area contributed by atoms with Crippen LogP contribution in [0.3, 0.4) is 0 Å². The molecule has 0 saturated heterocycles. The summed E-state index contributed by atoms with van der Waals surface area (Å²) >= 11 is 0. The molecule has 6 heteroatoms. The lowest BCUT2D eigenvalue weighted by atomic mass is 10.2. The second-order valence-corrected chi connectivity index (χ2v) is 5.06. The van der Waals surface area contributed by atoms with Crippen LogP contribution in [-0.4, -0.2) is 9.19 Å². The molecule has 0 aliphatic carbocycles. The molecule has 2 N–H and O–H groups in total. The number of nitrogen functional groups attached to an aromatic ring is 1. The highest BCUT2D eigenvalue weighted by molar-refractivity contribution is 7.84. The van der Waals surface area contributed by atoms with Gasteiger partial charge in [0.25, 0.3) is 0 Å². The summed E-state index contributed by atoms with van der Waals surface area (Å²) in [6.45, 7) is 0. The number of hydrogen-bond acceptors (Lipinski definition) is 3. The minimum absolute atomic E-state index is 0.0598. The van der Waals surface area contributed by atoms with Gasteiger partial charge in [-0.3, -0.25) is 9.19 Å². The van der Waals surface area contributed by atoms with Crippen LogP contribution >= 0.6 is 0 Å². The van der Waals surface area contributed by atoms with Gasteiger partial charge in [-0.15, -0.1) is 0 Å². The third-order valence-electron chi connectivity index (χ3n) is 2.35. The van der Waals surface area contributed by atoms with Gasteiger partial charge in [-0.05, 0) is 24.3 Å². The van der Waals surface area contributed by atoms with Gasteiger partial charge in [0.15, 0.2) is 0 Å². The van der Waals surface area contributed by atoms with E-state index < -0.39 is 22.4 Å². The number of anilines is 1. The van der Waals surface area contributed by atoms with Crippen molar-refractivity contribution in [2.75, 3.05) is 5.73 Å². The predicted octanol–water partition coefficient (Wildman–Crippen LogP) is 2.25. The molecule has 94 valence electrons. The maximum Gasteiger partial charge on any atom is 0.127 e. The Labute approximate surface area is 105 Å². The van der Waals surface area contributed by atoms with Crippen molar-refractivity contribution in [1.29, 1.82) is 0 Å². The van der Waals surface area contributed by atoms with E-state index in [2.05, 4.69) is 4.98 Å². The zero-order chi connectivity index (χ0) is 13.1. The molecule has 0 saturated carbocycles. The average Bonchev–Trinajstić information content (AvgIpc) is 2.34. The van der Waals surface area contributed by atoms with E-state index in [1.165, 1.54) is 18.5 Å². The van der Waals surface area contributed by atoms with E-state index in [1.54, 1.807) is 0 Å². The van der Waals surface area contributed by atoms with E-state index in [-0.39, 0.29) is 17.0 Å². The molecule has 1 aromatic carbocycles. The van der Waals surface area contributed by atoms with Gasteiger partial charge in [0.05, 0.1) is 33.3 Å². The molecule has 0 radical (unpaired) electrons. The quantitative estimate of drug-likeness (QED) is 0.928. The summed E-state index contributed by atoms with van der Waals surface area (Å²) in [4.78, 5) is 4.14. The molecule has 18 heavy (non-hydrogen) atoms. The van der Waals surface area contributed by atoms with Gasteiger partial charge in [0, 0.05) is 11.8 Å². The van der Waals surface area contributed by atoms with Crippen LogP contribution in [0.25, 0.3) is 0 Å². The van der Waals surface area contributed by atoms with Crippen LogP contribution in [0.2, 0.25) is 0 Å². The van der Waals surface area contributed by atoms with Gasteiger partial charge in [-0.2, -0.15) is 0 Å². The van der Waals surface area contributed by atoms with Crippen LogP contribution in [0.4, 0.5) is 14.5 Å². The van der Waals surface area contributed by atoms with Crippen molar-refractivity contribution in [3.63, 3.8) is 0 Å². The Kier molecular flexibility index (Phi) is 3.66. The van der Waals surface area contributed by atoms with Crippen molar-refractivity contribution in [3.05, 3.63) is 53.9 Å². The maximum atomic E-state index is 13.4. The fourth-order valence-electron chi connectivity index (χ4n) is 1.47. The van der Waals surface area contributed by atoms with Crippen molar-refractivity contribution in [2.45, 2.75) is 10.6 Å². The lowest BCUT2D eigenvalue weighted by Crippen LogP contribution is -2.03. The number of halogens is 2. The molecule has 0 aliphatic heterocycles. The Morgan fingerprint density at radius 2 is 2.06 bits per heavy atom. The molecular weight excluding hydrogens is 258 g/mol. The molecule has 2 aromatic rings. The van der Waals surface area contributed by atoms with Crippen LogP contribution in [0.1, 0.15) is 5.56 Å². The van der Waals surface area contributed by atoms with Gasteiger partial charge in [-0.25, -0.2) is 8.78 Å². The fourth-order valence-corrected chi connectivity index (χ4v) is 2.66. The maximum absolute atomic E-state index is 13.4. The number of nitrogens with zero attached hydrogens (tertiary/aromatic N) is 1. The average molecular weight is 268 g/mol. The molecule has 1 heterocycles. The van der Waals surface area contributed by atoms with Gasteiger partial charge in [0.2, 0.25) is 0 Å². The molecule has 1 atom stereocenters. The second-order valence-electron chi connectivity index (χ2n) is 3.64. The highest BCUT2D eigenvalue weighted by Crippen LogP contribution is 2.19. The van der Waals surface area contributed by atoms with Gasteiger partial charge < -0.3 is 5.73 Å². The van der Waals surface area contributed by atoms with Crippen molar-refractivity contribution in [1.82, 2.24) is 4.98 Å². The predicted molar refractivity (Wildman–Crippen MR) is 65.1 cm³/mol. The zero-order valence-corrected chi connectivity index (χ0v) is 10.1. The fraction of sp³-hybridized carbons (Fsp3) is 0.0833. The van der Waals surface area contributed by atoms with E-state index in [0.717, 1.165) is 18.2 Å². The summed E-state index contributed by atoms with van der Waals surface area (Å²) in [7, 11) is -1.54. The summed E-state index contributed by atoms with van der Waals surface area (Å²) in [6.07, 6.45) is 2.82. The molecule has 0 fully saturated rings. The number of pyridine rings is 1. The Morgan fingerprint density at radius 1 is 1.28 bits per heavy atom. The zero-order valence-electron chi connectivity index (χ0n) is 9.27. The number of rotatable bonds is 3. The van der Waals surface area contributed by atoms with E-state index in [0.29, 0.717) is 4.90 Å². The summed E-state index contributed by atoms with van der Waals surface area (Å²) in [5.41, 5.74) is 5.95. The number of nitrogens with two attached hydrogens (primary N) is 1. The molecule has 2 rings (SSSR count). The molecule has 1 unspecified atom stereocenters. The van der Waals surface area contributed by atoms with Crippen LogP contribution < -0.4 is 5.73 Å². The molecular formula is C12H10F2N2OS. The first-order valence-corrected chi connectivity index (χ1v) is 6.41. The van der Waals surface area contributed by atoms with Crippen LogP contribution in [0.5, 0.6) is 0 Å². The number of benzene rings is 1. The summed E-state index contributed by atoms with van der Waals surface area (Å²) in [6, 6.07) is 4.56. The van der Waals surface area contributed by atoms with E-state index in [4.69, 9.17) is 5.73 Å². The summed E-state index contributed by atoms with van der Waals surface area (Å²) in [5, 5.41) is 0. The van der Waals surface area contributed by atoms with Crippen LogP contribution in [0.15, 0.2) is 41.6 Å². The topological polar surface area (TPSA) is 56.0 Å². The van der Waals surface area contributed by atoms with E-state index in [1.807, 2.05) is 0 Å². The van der Waals surface area contributed by atoms with Crippen molar-refractivity contribution >= 4 is 16.5 Å². The van der Waals surface area contributed by atoms with Gasteiger partial charge >= 0.3 is 0 Å². The number of aromatic nitrogens is 1. The molecule has 0 bridgehead atoms. The standard InChI is InChI=1S/C12H10F2N2OS/c13-9-1-2-10(14)8(5-9)7-18(17)12-3-4-16-6-11(12)15/h1-6H,7,15H2. The Hall–Kier alpha value is -1.82. The Bertz CT molecular complexity index is 604. The Morgan fingerprint density at radius 3 is 2.78 bits per heavy atom. The molecule has 1 aromatic heterocycles. The molecule has 3 nitrogen and oxygen atoms in total. The summed E-state index contributed by atoms with van der Waals surface area (Å²) < 4.78 is 38.4. The van der Waals surface area contributed by atoms with E-state index in [9.17, 15) is 13.0 Å². The first-order valence-electron chi connectivity index (χ1n) is 5.09. The first kappa shape index (κ1) is 12.6. The third kappa shape index (κ3) is 2.70. The van der Waals surface area contributed by atoms with Gasteiger partial charge in [0.1, 0.15) is 11.6 Å². The Balaban J connectivity index is 2.27. The second kappa shape index (κ2) is 5.22. The normalized spacial score (nSPS) is 12.3. The SMILES string of the molecule is Nc1cnccc1S(=O)Cc1cc(F)ccc1F. The van der Waals surface area contributed by atoms with E-state index >= 15 is 0 Å². The van der Waals surface area contributed by atoms with Crippen LogP contribution in [-0.2, 0) is 16.6 Å². The van der Waals surface area contributed by atoms with Crippen molar-refractivity contribution < 1.29 is 13.0 Å². The monoisotopic (exact) mass is 268 g/mol. The van der Waals surface area contributed by atoms with Crippen LogP contribution in [0, 0.1) is 11.6 Å². The highest BCUT2D eigenvalue weighted by atomic mass is 32.2. The molecule has 0 aliphatic rings. The third-order valence-corrected chi connectivity index (χ3v) is 3.79. The van der Waals surface area contributed by atoms with Gasteiger partial charge in [-0.1, -0.05) is 0 Å². The van der Waals surface area contributed by atoms with Crippen molar-refractivity contribution in [2.24, 2.45) is 0 Å². The lowest BCUT2D eigenvalue weighted by molar-refractivity contribution is 0.590. The minimum Gasteiger partial charge on any atom is -0.396 e. The first-order chi connectivity index (χ1) is 8.58.